The molecular formula is C28H35N5O2. The van der Waals surface area contributed by atoms with Crippen molar-refractivity contribution in [3.05, 3.63) is 54.7 Å². The summed E-state index contributed by atoms with van der Waals surface area (Å²) in [5, 5.41) is 2.46. The molecule has 0 spiro atoms. The Hall–Kier alpha value is -3.19. The van der Waals surface area contributed by atoms with Crippen LogP contribution in [-0.4, -0.2) is 77.3 Å². The molecule has 0 N–H and O–H groups in total. The van der Waals surface area contributed by atoms with E-state index in [9.17, 15) is 4.79 Å². The molecule has 1 aromatic heterocycles. The quantitative estimate of drug-likeness (QED) is 0.549. The Kier molecular flexibility index (Phi) is 6.60. The molecule has 1 atom stereocenters. The van der Waals surface area contributed by atoms with Crippen LogP contribution in [-0.2, 0) is 4.74 Å². The summed E-state index contributed by atoms with van der Waals surface area (Å²) in [6.07, 6.45) is 2.80. The van der Waals surface area contributed by atoms with Crippen molar-refractivity contribution in [2.75, 3.05) is 50.7 Å². The summed E-state index contributed by atoms with van der Waals surface area (Å²) < 4.78 is 5.52. The molecule has 3 heterocycles. The topological polar surface area (TPSA) is 61.8 Å². The van der Waals surface area contributed by atoms with Crippen LogP contribution in [0.2, 0.25) is 0 Å². The average Bonchev–Trinajstić information content (AvgIpc) is 3.32. The fourth-order valence-corrected chi connectivity index (χ4v) is 4.98. The van der Waals surface area contributed by atoms with Gasteiger partial charge in [0.05, 0.1) is 5.69 Å². The van der Waals surface area contributed by atoms with Crippen LogP contribution in [0.25, 0.3) is 22.0 Å². The van der Waals surface area contributed by atoms with Gasteiger partial charge in [0.25, 0.3) is 0 Å². The highest BCUT2D eigenvalue weighted by Crippen LogP contribution is 2.27. The number of aromatic nitrogens is 2. The Morgan fingerprint density at radius 3 is 2.54 bits per heavy atom. The van der Waals surface area contributed by atoms with Crippen molar-refractivity contribution in [3.63, 3.8) is 0 Å². The second kappa shape index (κ2) is 9.82. The summed E-state index contributed by atoms with van der Waals surface area (Å²) in [6, 6.07) is 16.9. The van der Waals surface area contributed by atoms with Gasteiger partial charge in [-0.25, -0.2) is 14.8 Å². The first-order valence-corrected chi connectivity index (χ1v) is 12.6. The van der Waals surface area contributed by atoms with E-state index in [1.165, 1.54) is 10.8 Å². The molecule has 1 unspecified atom stereocenters. The maximum atomic E-state index is 12.3. The summed E-state index contributed by atoms with van der Waals surface area (Å²) in [5.74, 6) is 1.39. The maximum absolute atomic E-state index is 12.3. The summed E-state index contributed by atoms with van der Waals surface area (Å²) in [4.78, 5) is 28.4. The van der Waals surface area contributed by atoms with Crippen molar-refractivity contribution < 1.29 is 9.53 Å². The summed E-state index contributed by atoms with van der Waals surface area (Å²) in [7, 11) is 0. The fraction of sp³-hybridized carbons (Fsp3) is 0.464. The third kappa shape index (κ3) is 5.73. The van der Waals surface area contributed by atoms with Crippen molar-refractivity contribution in [2.24, 2.45) is 5.92 Å². The highest BCUT2D eigenvalue weighted by molar-refractivity contribution is 5.86. The number of anilines is 1. The van der Waals surface area contributed by atoms with E-state index >= 15 is 0 Å². The van der Waals surface area contributed by atoms with Crippen molar-refractivity contribution in [2.45, 2.75) is 32.8 Å². The van der Waals surface area contributed by atoms with E-state index in [0.717, 1.165) is 69.4 Å². The third-order valence-corrected chi connectivity index (χ3v) is 6.80. The van der Waals surface area contributed by atoms with Crippen molar-refractivity contribution in [3.8, 4) is 11.3 Å². The lowest BCUT2D eigenvalue weighted by Crippen LogP contribution is -2.51. The first-order valence-electron chi connectivity index (χ1n) is 12.6. The van der Waals surface area contributed by atoms with E-state index < -0.39 is 5.60 Å². The Morgan fingerprint density at radius 2 is 1.77 bits per heavy atom. The van der Waals surface area contributed by atoms with Gasteiger partial charge in [-0.15, -0.1) is 0 Å². The standard InChI is InChI=1S/C28H35N5O2/c1-28(2,3)35-27(34)32-16-14-31(15-17-32)19-21-11-13-33(20-21)26-29-12-10-25(30-26)24-9-8-22-6-4-5-7-23(22)18-24/h4-10,12,18,21H,11,13-17,19-20H2,1-3H3. The minimum Gasteiger partial charge on any atom is -0.444 e. The molecule has 0 saturated carbocycles. The minimum atomic E-state index is -0.449. The van der Waals surface area contributed by atoms with Crippen LogP contribution in [0.5, 0.6) is 0 Å². The number of piperazine rings is 1. The van der Waals surface area contributed by atoms with Crippen LogP contribution in [0.15, 0.2) is 54.7 Å². The van der Waals surface area contributed by atoms with Crippen molar-refractivity contribution in [1.82, 2.24) is 19.8 Å². The number of carbonyl (C=O) groups excluding carboxylic acids is 1. The maximum Gasteiger partial charge on any atom is 0.410 e. The predicted molar refractivity (Wildman–Crippen MR) is 140 cm³/mol. The van der Waals surface area contributed by atoms with E-state index in [1.807, 2.05) is 37.9 Å². The zero-order valence-corrected chi connectivity index (χ0v) is 21.0. The molecule has 2 aliphatic rings. The number of ether oxygens (including phenoxy) is 1. The van der Waals surface area contributed by atoms with Crippen LogP contribution in [0.4, 0.5) is 10.7 Å². The molecule has 2 aliphatic heterocycles. The van der Waals surface area contributed by atoms with E-state index in [1.54, 1.807) is 0 Å². The number of nitrogens with zero attached hydrogens (tertiary/aromatic N) is 5. The molecule has 7 nitrogen and oxygen atoms in total. The molecule has 35 heavy (non-hydrogen) atoms. The average molecular weight is 474 g/mol. The lowest BCUT2D eigenvalue weighted by atomic mass is 10.1. The number of hydrogen-bond donors (Lipinski definition) is 0. The van der Waals surface area contributed by atoms with Gasteiger partial charge in [0, 0.05) is 57.6 Å². The van der Waals surface area contributed by atoms with Crippen molar-refractivity contribution >= 4 is 22.8 Å². The third-order valence-electron chi connectivity index (χ3n) is 6.80. The van der Waals surface area contributed by atoms with E-state index in [-0.39, 0.29) is 6.09 Å². The number of carbonyl (C=O) groups is 1. The van der Waals surface area contributed by atoms with Crippen molar-refractivity contribution in [1.29, 1.82) is 0 Å². The van der Waals surface area contributed by atoms with E-state index in [2.05, 4.69) is 57.2 Å². The van der Waals surface area contributed by atoms with Gasteiger partial charge in [-0.1, -0.05) is 36.4 Å². The van der Waals surface area contributed by atoms with Gasteiger partial charge in [0.2, 0.25) is 5.95 Å². The Bertz CT molecular complexity index is 1180. The second-order valence-electron chi connectivity index (χ2n) is 10.7. The van der Waals surface area contributed by atoms with Crippen LogP contribution < -0.4 is 4.90 Å². The summed E-state index contributed by atoms with van der Waals surface area (Å²) in [6.45, 7) is 12.0. The number of fused-ring (bicyclic) bond motifs is 1. The highest BCUT2D eigenvalue weighted by atomic mass is 16.6. The van der Waals surface area contributed by atoms with Crippen LogP contribution in [0.3, 0.4) is 0 Å². The molecule has 0 aliphatic carbocycles. The molecular weight excluding hydrogens is 438 g/mol. The van der Waals surface area contributed by atoms with E-state index in [4.69, 9.17) is 9.72 Å². The first-order chi connectivity index (χ1) is 16.8. The zero-order chi connectivity index (χ0) is 24.4. The Balaban J connectivity index is 1.16. The van der Waals surface area contributed by atoms with Gasteiger partial charge in [-0.3, -0.25) is 4.90 Å². The normalized spacial score (nSPS) is 19.3. The molecule has 0 radical (unpaired) electrons. The first kappa shape index (κ1) is 23.5. The molecule has 2 saturated heterocycles. The molecule has 184 valence electrons. The molecule has 5 rings (SSSR count). The summed E-state index contributed by atoms with van der Waals surface area (Å²) in [5.41, 5.74) is 1.63. The number of benzene rings is 2. The predicted octanol–water partition coefficient (Wildman–Crippen LogP) is 4.68. The van der Waals surface area contributed by atoms with Crippen LogP contribution in [0.1, 0.15) is 27.2 Å². The molecule has 0 bridgehead atoms. The Morgan fingerprint density at radius 1 is 1.00 bits per heavy atom. The van der Waals surface area contributed by atoms with Gasteiger partial charge >= 0.3 is 6.09 Å². The smallest absolute Gasteiger partial charge is 0.410 e. The van der Waals surface area contributed by atoms with Gasteiger partial charge in [-0.2, -0.15) is 0 Å². The molecule has 2 fully saturated rings. The number of rotatable bonds is 4. The molecule has 2 aromatic carbocycles. The van der Waals surface area contributed by atoms with Gasteiger partial charge < -0.3 is 14.5 Å². The van der Waals surface area contributed by atoms with Crippen LogP contribution >= 0.6 is 0 Å². The van der Waals surface area contributed by atoms with Gasteiger partial charge in [-0.05, 0) is 56.0 Å². The second-order valence-corrected chi connectivity index (χ2v) is 10.7. The molecule has 3 aromatic rings. The summed E-state index contributed by atoms with van der Waals surface area (Å²) >= 11 is 0. The largest absolute Gasteiger partial charge is 0.444 e. The fourth-order valence-electron chi connectivity index (χ4n) is 4.98. The Labute approximate surface area is 207 Å². The SMILES string of the molecule is CC(C)(C)OC(=O)N1CCN(CC2CCN(c3nccc(-c4ccc5ccccc5c4)n3)C2)CC1. The number of amides is 1. The molecule has 1 amide bonds. The van der Waals surface area contributed by atoms with Gasteiger partial charge in [0.15, 0.2) is 0 Å². The highest BCUT2D eigenvalue weighted by Gasteiger charge is 2.30. The van der Waals surface area contributed by atoms with E-state index in [0.29, 0.717) is 5.92 Å². The number of hydrogen-bond acceptors (Lipinski definition) is 6. The molecule has 7 heteroatoms. The lowest BCUT2D eigenvalue weighted by molar-refractivity contribution is 0.0135. The monoisotopic (exact) mass is 473 g/mol. The van der Waals surface area contributed by atoms with Crippen LogP contribution in [0, 0.1) is 5.92 Å². The minimum absolute atomic E-state index is 0.201. The van der Waals surface area contributed by atoms with Gasteiger partial charge in [0.1, 0.15) is 5.60 Å². The lowest BCUT2D eigenvalue weighted by Gasteiger charge is -2.36. The zero-order valence-electron chi connectivity index (χ0n) is 21.0.